The average Bonchev–Trinajstić information content (AvgIpc) is 3.14. The van der Waals surface area contributed by atoms with Gasteiger partial charge in [0.2, 0.25) is 0 Å². The maximum atomic E-state index is 12.1. The van der Waals surface area contributed by atoms with Crippen molar-refractivity contribution in [3.63, 3.8) is 0 Å². The van der Waals surface area contributed by atoms with E-state index in [1.165, 1.54) is 18.4 Å². The van der Waals surface area contributed by atoms with Gasteiger partial charge in [0, 0.05) is 12.1 Å². The molecule has 1 aromatic carbocycles. The van der Waals surface area contributed by atoms with Gasteiger partial charge in [-0.05, 0) is 37.8 Å². The number of benzene rings is 1. The Morgan fingerprint density at radius 1 is 1.28 bits per heavy atom. The summed E-state index contributed by atoms with van der Waals surface area (Å²) in [5.74, 6) is 1.08. The van der Waals surface area contributed by atoms with E-state index in [2.05, 4.69) is 24.0 Å². The van der Waals surface area contributed by atoms with Gasteiger partial charge in [-0.3, -0.25) is 9.69 Å². The lowest BCUT2D eigenvalue weighted by Gasteiger charge is -2.15. The summed E-state index contributed by atoms with van der Waals surface area (Å²) in [7, 11) is 2.04. The molecule has 0 heterocycles. The van der Waals surface area contributed by atoms with Gasteiger partial charge in [-0.15, -0.1) is 0 Å². The fourth-order valence-corrected chi connectivity index (χ4v) is 2.29. The van der Waals surface area contributed by atoms with Crippen molar-refractivity contribution in [3.8, 4) is 0 Å². The Balaban J connectivity index is 1.86. The van der Waals surface area contributed by atoms with Gasteiger partial charge in [0.25, 0.3) is 0 Å². The molecular weight excluding hydrogens is 222 g/mol. The molecule has 0 bridgehead atoms. The zero-order valence-corrected chi connectivity index (χ0v) is 11.5. The maximum absolute atomic E-state index is 12.1. The monoisotopic (exact) mass is 245 g/mol. The summed E-state index contributed by atoms with van der Waals surface area (Å²) < 4.78 is 0. The second-order valence-corrected chi connectivity index (χ2v) is 5.51. The largest absolute Gasteiger partial charge is 0.299 e. The number of nitrogens with zero attached hydrogens (tertiary/aromatic N) is 1. The smallest absolute Gasteiger partial charge is 0.176 e. The van der Waals surface area contributed by atoms with Crippen molar-refractivity contribution >= 4 is 5.78 Å². The molecule has 98 valence electrons. The Morgan fingerprint density at radius 2 is 1.94 bits per heavy atom. The summed E-state index contributed by atoms with van der Waals surface area (Å²) in [5, 5.41) is 0. The Kier molecular flexibility index (Phi) is 4.54. The number of Topliss-reactive ketones (excluding diaryl/α,β-unsaturated/α-hetero) is 1. The molecule has 0 radical (unpaired) electrons. The number of likely N-dealkylation sites (N-methyl/N-ethyl adjacent to an activating group) is 1. The minimum absolute atomic E-state index is 0.237. The molecular formula is C16H23NO. The van der Waals surface area contributed by atoms with Gasteiger partial charge < -0.3 is 0 Å². The molecule has 0 aromatic heterocycles. The Bertz CT molecular complexity index is 392. The zero-order chi connectivity index (χ0) is 13.0. The van der Waals surface area contributed by atoms with Crippen molar-refractivity contribution in [3.05, 3.63) is 35.4 Å². The highest BCUT2D eigenvalue weighted by Crippen LogP contribution is 2.29. The molecule has 0 atom stereocenters. The van der Waals surface area contributed by atoms with Crippen LogP contribution in [0.1, 0.15) is 42.1 Å². The molecule has 0 spiro atoms. The Morgan fingerprint density at radius 3 is 2.50 bits per heavy atom. The molecule has 1 aliphatic rings. The SMILES string of the molecule is CCCc1ccc(C(=O)CN(C)CC2CC2)cc1. The fourth-order valence-electron chi connectivity index (χ4n) is 2.29. The first-order chi connectivity index (χ1) is 8.69. The number of hydrogen-bond donors (Lipinski definition) is 0. The molecule has 1 saturated carbocycles. The second-order valence-electron chi connectivity index (χ2n) is 5.51. The minimum Gasteiger partial charge on any atom is -0.299 e. The van der Waals surface area contributed by atoms with Crippen LogP contribution in [-0.2, 0) is 6.42 Å². The summed E-state index contributed by atoms with van der Waals surface area (Å²) >= 11 is 0. The molecule has 0 N–H and O–H groups in total. The highest BCUT2D eigenvalue weighted by atomic mass is 16.1. The number of carbonyl (C=O) groups excluding carboxylic acids is 1. The quantitative estimate of drug-likeness (QED) is 0.688. The third-order valence-corrected chi connectivity index (χ3v) is 3.49. The highest BCUT2D eigenvalue weighted by molar-refractivity contribution is 5.97. The molecule has 1 aliphatic carbocycles. The van der Waals surface area contributed by atoms with E-state index >= 15 is 0 Å². The van der Waals surface area contributed by atoms with Crippen LogP contribution in [0.4, 0.5) is 0 Å². The van der Waals surface area contributed by atoms with E-state index in [-0.39, 0.29) is 5.78 Å². The lowest BCUT2D eigenvalue weighted by atomic mass is 10.1. The topological polar surface area (TPSA) is 20.3 Å². The van der Waals surface area contributed by atoms with Gasteiger partial charge in [-0.2, -0.15) is 0 Å². The average molecular weight is 245 g/mol. The maximum Gasteiger partial charge on any atom is 0.176 e. The van der Waals surface area contributed by atoms with Crippen molar-refractivity contribution < 1.29 is 4.79 Å². The van der Waals surface area contributed by atoms with E-state index in [9.17, 15) is 4.79 Å². The molecule has 0 aliphatic heterocycles. The van der Waals surface area contributed by atoms with Gasteiger partial charge in [0.05, 0.1) is 6.54 Å². The number of aryl methyl sites for hydroxylation is 1. The van der Waals surface area contributed by atoms with Gasteiger partial charge in [-0.25, -0.2) is 0 Å². The predicted octanol–water partition coefficient (Wildman–Crippen LogP) is 3.16. The summed E-state index contributed by atoms with van der Waals surface area (Å²) in [4.78, 5) is 14.2. The van der Waals surface area contributed by atoms with Crippen LogP contribution in [0.2, 0.25) is 0 Å². The molecule has 2 nitrogen and oxygen atoms in total. The molecule has 0 amide bonds. The summed E-state index contributed by atoms with van der Waals surface area (Å²) in [6.07, 6.45) is 4.92. The highest BCUT2D eigenvalue weighted by Gasteiger charge is 2.23. The van der Waals surface area contributed by atoms with Gasteiger partial charge in [-0.1, -0.05) is 37.6 Å². The normalized spacial score (nSPS) is 15.1. The standard InChI is InChI=1S/C16H23NO/c1-3-4-13-7-9-15(10-8-13)16(18)12-17(2)11-14-5-6-14/h7-10,14H,3-6,11-12H2,1-2H3. The van der Waals surface area contributed by atoms with Crippen LogP contribution in [-0.4, -0.2) is 30.8 Å². The van der Waals surface area contributed by atoms with E-state index in [4.69, 9.17) is 0 Å². The summed E-state index contributed by atoms with van der Waals surface area (Å²) in [5.41, 5.74) is 2.16. The molecule has 0 saturated heterocycles. The van der Waals surface area contributed by atoms with Crippen molar-refractivity contribution in [2.45, 2.75) is 32.6 Å². The van der Waals surface area contributed by atoms with E-state index in [1.807, 2.05) is 19.2 Å². The van der Waals surface area contributed by atoms with Crippen molar-refractivity contribution in [1.29, 1.82) is 0 Å². The van der Waals surface area contributed by atoms with Crippen molar-refractivity contribution in [2.75, 3.05) is 20.1 Å². The second kappa shape index (κ2) is 6.14. The van der Waals surface area contributed by atoms with Gasteiger partial charge >= 0.3 is 0 Å². The van der Waals surface area contributed by atoms with Gasteiger partial charge in [0.15, 0.2) is 5.78 Å². The summed E-state index contributed by atoms with van der Waals surface area (Å²) in [6, 6.07) is 8.10. The molecule has 18 heavy (non-hydrogen) atoms. The van der Waals surface area contributed by atoms with E-state index < -0.39 is 0 Å². The van der Waals surface area contributed by atoms with E-state index in [0.29, 0.717) is 6.54 Å². The molecule has 0 unspecified atom stereocenters. The van der Waals surface area contributed by atoms with Crippen molar-refractivity contribution in [2.24, 2.45) is 5.92 Å². The first kappa shape index (κ1) is 13.3. The van der Waals surface area contributed by atoms with Crippen LogP contribution >= 0.6 is 0 Å². The molecule has 1 fully saturated rings. The Hall–Kier alpha value is -1.15. The Labute approximate surface area is 110 Å². The van der Waals surface area contributed by atoms with Crippen LogP contribution in [0.25, 0.3) is 0 Å². The van der Waals surface area contributed by atoms with Crippen LogP contribution in [0, 0.1) is 5.92 Å². The minimum atomic E-state index is 0.237. The van der Waals surface area contributed by atoms with Crippen LogP contribution in [0.3, 0.4) is 0 Å². The third-order valence-electron chi connectivity index (χ3n) is 3.49. The lowest BCUT2D eigenvalue weighted by Crippen LogP contribution is -2.27. The van der Waals surface area contributed by atoms with Crippen LogP contribution in [0.5, 0.6) is 0 Å². The first-order valence-electron chi connectivity index (χ1n) is 6.99. The molecule has 2 heteroatoms. The van der Waals surface area contributed by atoms with Crippen molar-refractivity contribution in [1.82, 2.24) is 4.90 Å². The van der Waals surface area contributed by atoms with Crippen LogP contribution < -0.4 is 0 Å². The number of carbonyl (C=O) groups is 1. The lowest BCUT2D eigenvalue weighted by molar-refractivity contribution is 0.0944. The third kappa shape index (κ3) is 3.95. The fraction of sp³-hybridized carbons (Fsp3) is 0.562. The molecule has 1 aromatic rings. The van der Waals surface area contributed by atoms with E-state index in [0.717, 1.165) is 30.9 Å². The number of hydrogen-bond acceptors (Lipinski definition) is 2. The first-order valence-corrected chi connectivity index (χ1v) is 6.99. The predicted molar refractivity (Wildman–Crippen MR) is 75.0 cm³/mol. The number of rotatable bonds is 7. The summed E-state index contributed by atoms with van der Waals surface area (Å²) in [6.45, 7) is 3.79. The van der Waals surface area contributed by atoms with E-state index in [1.54, 1.807) is 0 Å². The van der Waals surface area contributed by atoms with Gasteiger partial charge in [0.1, 0.15) is 0 Å². The number of ketones is 1. The zero-order valence-electron chi connectivity index (χ0n) is 11.5. The van der Waals surface area contributed by atoms with Crippen LogP contribution in [0.15, 0.2) is 24.3 Å². The molecule has 2 rings (SSSR count).